The molecule has 0 aliphatic rings. The number of H-pyrrole nitrogens is 1. The van der Waals surface area contributed by atoms with Crippen molar-refractivity contribution in [2.24, 2.45) is 0 Å². The highest BCUT2D eigenvalue weighted by Gasteiger charge is 2.10. The zero-order chi connectivity index (χ0) is 10.8. The van der Waals surface area contributed by atoms with Crippen LogP contribution in [0.25, 0.3) is 11.6 Å². The van der Waals surface area contributed by atoms with Gasteiger partial charge in [-0.1, -0.05) is 0 Å². The normalized spacial score (nSPS) is 10.3. The molecule has 15 heavy (non-hydrogen) atoms. The lowest BCUT2D eigenvalue weighted by molar-refractivity contribution is 1.06. The second-order valence-corrected chi connectivity index (χ2v) is 4.06. The summed E-state index contributed by atoms with van der Waals surface area (Å²) in [6, 6.07) is 0. The molecular formula is C9H10IN5. The molecule has 0 spiro atoms. The van der Waals surface area contributed by atoms with Crippen LogP contribution in [0.5, 0.6) is 0 Å². The number of nitrogens with one attached hydrogen (secondary N) is 2. The van der Waals surface area contributed by atoms with Crippen molar-refractivity contribution < 1.29 is 0 Å². The predicted molar refractivity (Wildman–Crippen MR) is 66.6 cm³/mol. The van der Waals surface area contributed by atoms with E-state index in [0.29, 0.717) is 11.6 Å². The van der Waals surface area contributed by atoms with Gasteiger partial charge in [0.15, 0.2) is 11.6 Å². The minimum absolute atomic E-state index is 0.613. The second kappa shape index (κ2) is 4.13. The molecule has 0 unspecified atom stereocenters. The lowest BCUT2D eigenvalue weighted by Crippen LogP contribution is -2.03. The second-order valence-electron chi connectivity index (χ2n) is 2.98. The summed E-state index contributed by atoms with van der Waals surface area (Å²) in [4.78, 5) is 15.8. The van der Waals surface area contributed by atoms with Gasteiger partial charge in [0, 0.05) is 19.4 Å². The molecule has 2 rings (SSSR count). The molecule has 2 aromatic heterocycles. The van der Waals surface area contributed by atoms with Crippen LogP contribution in [0.2, 0.25) is 0 Å². The Morgan fingerprint density at radius 3 is 2.80 bits per heavy atom. The molecule has 0 radical (unpaired) electrons. The van der Waals surface area contributed by atoms with E-state index in [0.717, 1.165) is 15.1 Å². The van der Waals surface area contributed by atoms with Crippen molar-refractivity contribution >= 4 is 28.4 Å². The monoisotopic (exact) mass is 315 g/mol. The molecule has 0 saturated carbocycles. The SMILES string of the molecule is CNc1nc(-c2ncc[nH]2)nc(C)c1I. The number of halogens is 1. The zero-order valence-electron chi connectivity index (χ0n) is 8.37. The van der Waals surface area contributed by atoms with Crippen LogP contribution in [0, 0.1) is 10.5 Å². The maximum absolute atomic E-state index is 4.37. The number of hydrogen-bond acceptors (Lipinski definition) is 4. The number of aromatic amines is 1. The average Bonchev–Trinajstić information content (AvgIpc) is 2.75. The highest BCUT2D eigenvalue weighted by Crippen LogP contribution is 2.21. The Morgan fingerprint density at radius 2 is 2.20 bits per heavy atom. The van der Waals surface area contributed by atoms with E-state index >= 15 is 0 Å². The summed E-state index contributed by atoms with van der Waals surface area (Å²) in [6.45, 7) is 1.96. The van der Waals surface area contributed by atoms with Gasteiger partial charge in [-0.05, 0) is 29.5 Å². The number of imidazole rings is 1. The molecule has 0 aliphatic carbocycles. The van der Waals surface area contributed by atoms with Crippen LogP contribution in [0.3, 0.4) is 0 Å². The molecule has 0 aromatic carbocycles. The Kier molecular flexibility index (Phi) is 2.85. The van der Waals surface area contributed by atoms with Crippen molar-refractivity contribution in [1.82, 2.24) is 19.9 Å². The Morgan fingerprint density at radius 1 is 1.40 bits per heavy atom. The lowest BCUT2D eigenvalue weighted by Gasteiger charge is -2.06. The van der Waals surface area contributed by atoms with Crippen LogP contribution in [0.4, 0.5) is 5.82 Å². The molecule has 0 fully saturated rings. The van der Waals surface area contributed by atoms with E-state index in [4.69, 9.17) is 0 Å². The molecule has 78 valence electrons. The van der Waals surface area contributed by atoms with E-state index in [9.17, 15) is 0 Å². The number of nitrogens with zero attached hydrogens (tertiary/aromatic N) is 3. The fourth-order valence-electron chi connectivity index (χ4n) is 1.22. The molecule has 0 bridgehead atoms. The van der Waals surface area contributed by atoms with Crippen LogP contribution in [0.15, 0.2) is 12.4 Å². The number of aryl methyl sites for hydroxylation is 1. The van der Waals surface area contributed by atoms with Crippen LogP contribution in [-0.2, 0) is 0 Å². The summed E-state index contributed by atoms with van der Waals surface area (Å²) in [5.41, 5.74) is 0.946. The molecule has 2 aromatic rings. The fraction of sp³-hybridized carbons (Fsp3) is 0.222. The van der Waals surface area contributed by atoms with Gasteiger partial charge in [0.1, 0.15) is 5.82 Å². The quantitative estimate of drug-likeness (QED) is 0.830. The smallest absolute Gasteiger partial charge is 0.197 e. The third-order valence-electron chi connectivity index (χ3n) is 1.96. The first-order chi connectivity index (χ1) is 7.22. The van der Waals surface area contributed by atoms with Gasteiger partial charge in [-0.3, -0.25) is 0 Å². The van der Waals surface area contributed by atoms with E-state index in [2.05, 4.69) is 47.8 Å². The standard InChI is InChI=1S/C9H10IN5/c1-5-6(10)7(11-2)15-9(14-5)8-12-3-4-13-8/h3-4H,1-2H3,(H,12,13)(H,11,14,15). The maximum atomic E-state index is 4.37. The first-order valence-electron chi connectivity index (χ1n) is 4.44. The number of rotatable bonds is 2. The summed E-state index contributed by atoms with van der Waals surface area (Å²) in [5, 5.41) is 3.04. The van der Waals surface area contributed by atoms with Crippen molar-refractivity contribution in [3.8, 4) is 11.6 Å². The van der Waals surface area contributed by atoms with Crippen LogP contribution >= 0.6 is 22.6 Å². The van der Waals surface area contributed by atoms with Gasteiger partial charge in [0.2, 0.25) is 0 Å². The largest absolute Gasteiger partial charge is 0.372 e. The van der Waals surface area contributed by atoms with E-state index in [1.54, 1.807) is 12.4 Å². The van der Waals surface area contributed by atoms with Crippen molar-refractivity contribution in [2.45, 2.75) is 6.92 Å². The van der Waals surface area contributed by atoms with Gasteiger partial charge in [0.25, 0.3) is 0 Å². The van der Waals surface area contributed by atoms with E-state index in [1.807, 2.05) is 14.0 Å². The summed E-state index contributed by atoms with van der Waals surface area (Å²) in [7, 11) is 1.84. The Bertz CT molecular complexity index is 466. The molecule has 0 amide bonds. The van der Waals surface area contributed by atoms with Crippen molar-refractivity contribution in [1.29, 1.82) is 0 Å². The number of hydrogen-bond donors (Lipinski definition) is 2. The van der Waals surface area contributed by atoms with Gasteiger partial charge < -0.3 is 10.3 Å². The van der Waals surface area contributed by atoms with Crippen molar-refractivity contribution in [3.05, 3.63) is 21.7 Å². The van der Waals surface area contributed by atoms with Gasteiger partial charge in [-0.25, -0.2) is 15.0 Å². The average molecular weight is 315 g/mol. The van der Waals surface area contributed by atoms with Crippen LogP contribution < -0.4 is 5.32 Å². The summed E-state index contributed by atoms with van der Waals surface area (Å²) in [6.07, 6.45) is 3.44. The number of anilines is 1. The van der Waals surface area contributed by atoms with Gasteiger partial charge in [-0.15, -0.1) is 0 Å². The molecule has 2 N–H and O–H groups in total. The lowest BCUT2D eigenvalue weighted by atomic mass is 10.4. The maximum Gasteiger partial charge on any atom is 0.197 e. The van der Waals surface area contributed by atoms with Gasteiger partial charge in [0.05, 0.1) is 9.26 Å². The molecular weight excluding hydrogens is 305 g/mol. The van der Waals surface area contributed by atoms with E-state index < -0.39 is 0 Å². The topological polar surface area (TPSA) is 66.5 Å². The predicted octanol–water partition coefficient (Wildman–Crippen LogP) is 1.82. The highest BCUT2D eigenvalue weighted by atomic mass is 127. The van der Waals surface area contributed by atoms with E-state index in [-0.39, 0.29) is 0 Å². The minimum atomic E-state index is 0.613. The minimum Gasteiger partial charge on any atom is -0.372 e. The molecule has 5 nitrogen and oxygen atoms in total. The summed E-state index contributed by atoms with van der Waals surface area (Å²) >= 11 is 2.22. The first kappa shape index (κ1) is 10.3. The molecule has 0 aliphatic heterocycles. The third kappa shape index (κ3) is 1.94. The Hall–Kier alpha value is -1.18. The van der Waals surface area contributed by atoms with Crippen molar-refractivity contribution in [3.63, 3.8) is 0 Å². The highest BCUT2D eigenvalue weighted by molar-refractivity contribution is 14.1. The Labute approximate surface area is 101 Å². The van der Waals surface area contributed by atoms with Gasteiger partial charge >= 0.3 is 0 Å². The molecule has 6 heteroatoms. The van der Waals surface area contributed by atoms with Gasteiger partial charge in [-0.2, -0.15) is 0 Å². The van der Waals surface area contributed by atoms with E-state index in [1.165, 1.54) is 0 Å². The Balaban J connectivity index is 2.55. The van der Waals surface area contributed by atoms with Crippen molar-refractivity contribution in [2.75, 3.05) is 12.4 Å². The molecule has 0 atom stereocenters. The summed E-state index contributed by atoms with van der Waals surface area (Å²) in [5.74, 6) is 2.13. The zero-order valence-corrected chi connectivity index (χ0v) is 10.5. The number of aromatic nitrogens is 4. The fourth-order valence-corrected chi connectivity index (χ4v) is 1.73. The summed E-state index contributed by atoms with van der Waals surface area (Å²) < 4.78 is 1.03. The first-order valence-corrected chi connectivity index (χ1v) is 5.52. The third-order valence-corrected chi connectivity index (χ3v) is 3.26. The van der Waals surface area contributed by atoms with Crippen LogP contribution in [0.1, 0.15) is 5.69 Å². The molecule has 0 saturated heterocycles. The molecule has 2 heterocycles. The van der Waals surface area contributed by atoms with Crippen LogP contribution in [-0.4, -0.2) is 27.0 Å².